The van der Waals surface area contributed by atoms with Crippen molar-refractivity contribution in [2.24, 2.45) is 5.92 Å². The van der Waals surface area contributed by atoms with Gasteiger partial charge in [-0.05, 0) is 45.1 Å². The summed E-state index contributed by atoms with van der Waals surface area (Å²) in [6.07, 6.45) is 4.86. The highest BCUT2D eigenvalue weighted by molar-refractivity contribution is 5.04. The molecule has 14 heavy (non-hydrogen) atoms. The van der Waals surface area contributed by atoms with Crippen molar-refractivity contribution < 1.29 is 4.42 Å². The lowest BCUT2D eigenvalue weighted by atomic mass is 9.99. The van der Waals surface area contributed by atoms with Gasteiger partial charge in [0.2, 0.25) is 0 Å². The summed E-state index contributed by atoms with van der Waals surface area (Å²) in [5.41, 5.74) is 1.26. The van der Waals surface area contributed by atoms with E-state index in [1.807, 2.05) is 12.3 Å². The normalized spacial score (nSPS) is 17.3. The SMILES string of the molecule is CN(CCC1CNC1)Cc1ccoc1. The Hall–Kier alpha value is -0.800. The average Bonchev–Trinajstić information content (AvgIpc) is 2.54. The van der Waals surface area contributed by atoms with Crippen molar-refractivity contribution in [1.29, 1.82) is 0 Å². The summed E-state index contributed by atoms with van der Waals surface area (Å²) in [6, 6.07) is 2.03. The molecule has 0 saturated carbocycles. The van der Waals surface area contributed by atoms with Gasteiger partial charge in [0.1, 0.15) is 0 Å². The topological polar surface area (TPSA) is 28.4 Å². The van der Waals surface area contributed by atoms with E-state index in [2.05, 4.69) is 17.3 Å². The molecule has 0 aromatic carbocycles. The molecule has 3 nitrogen and oxygen atoms in total. The third-order valence-corrected chi connectivity index (χ3v) is 2.82. The minimum atomic E-state index is 0.904. The number of hydrogen-bond acceptors (Lipinski definition) is 3. The molecule has 1 aromatic rings. The highest BCUT2D eigenvalue weighted by atomic mass is 16.3. The maximum atomic E-state index is 5.04. The lowest BCUT2D eigenvalue weighted by molar-refractivity contribution is 0.252. The van der Waals surface area contributed by atoms with Gasteiger partial charge in [0.25, 0.3) is 0 Å². The van der Waals surface area contributed by atoms with Crippen LogP contribution in [0, 0.1) is 5.92 Å². The standard InChI is InChI=1S/C11H18N2O/c1-13(4-2-10-6-12-7-10)8-11-3-5-14-9-11/h3,5,9-10,12H,2,4,6-8H2,1H3. The first-order chi connectivity index (χ1) is 6.84. The van der Waals surface area contributed by atoms with Crippen molar-refractivity contribution in [2.45, 2.75) is 13.0 Å². The second-order valence-corrected chi connectivity index (χ2v) is 4.18. The van der Waals surface area contributed by atoms with Crippen LogP contribution in [0.5, 0.6) is 0 Å². The van der Waals surface area contributed by atoms with Crippen LogP contribution in [0.4, 0.5) is 0 Å². The molecule has 0 bridgehead atoms. The van der Waals surface area contributed by atoms with Gasteiger partial charge in [-0.15, -0.1) is 0 Å². The van der Waals surface area contributed by atoms with Crippen molar-refractivity contribution in [3.63, 3.8) is 0 Å². The highest BCUT2D eigenvalue weighted by Crippen LogP contribution is 2.10. The minimum absolute atomic E-state index is 0.904. The molecule has 0 spiro atoms. The molecule has 0 unspecified atom stereocenters. The molecule has 2 heterocycles. The fourth-order valence-corrected chi connectivity index (χ4v) is 1.73. The Labute approximate surface area is 85.1 Å². The lowest BCUT2D eigenvalue weighted by Gasteiger charge is -2.28. The molecule has 78 valence electrons. The molecule has 0 amide bonds. The Balaban J connectivity index is 1.65. The van der Waals surface area contributed by atoms with E-state index in [1.165, 1.54) is 31.6 Å². The Morgan fingerprint density at radius 1 is 1.57 bits per heavy atom. The fourth-order valence-electron chi connectivity index (χ4n) is 1.73. The molecule has 1 fully saturated rings. The number of hydrogen-bond donors (Lipinski definition) is 1. The van der Waals surface area contributed by atoms with Crippen molar-refractivity contribution in [3.05, 3.63) is 24.2 Å². The van der Waals surface area contributed by atoms with Crippen LogP contribution in [-0.4, -0.2) is 31.6 Å². The zero-order valence-electron chi connectivity index (χ0n) is 8.70. The number of nitrogens with one attached hydrogen (secondary N) is 1. The van der Waals surface area contributed by atoms with Gasteiger partial charge >= 0.3 is 0 Å². The second-order valence-electron chi connectivity index (χ2n) is 4.18. The van der Waals surface area contributed by atoms with Gasteiger partial charge in [-0.3, -0.25) is 0 Å². The Morgan fingerprint density at radius 2 is 2.43 bits per heavy atom. The second kappa shape index (κ2) is 4.62. The Bertz CT molecular complexity index is 254. The molecule has 1 aliphatic heterocycles. The molecular formula is C11H18N2O. The van der Waals surface area contributed by atoms with E-state index in [1.54, 1.807) is 6.26 Å². The highest BCUT2D eigenvalue weighted by Gasteiger charge is 2.16. The van der Waals surface area contributed by atoms with Crippen LogP contribution >= 0.6 is 0 Å². The Kier molecular flexibility index (Phi) is 3.22. The third-order valence-electron chi connectivity index (χ3n) is 2.82. The first-order valence-electron chi connectivity index (χ1n) is 5.25. The lowest BCUT2D eigenvalue weighted by Crippen LogP contribution is -2.43. The molecule has 1 saturated heterocycles. The van der Waals surface area contributed by atoms with Gasteiger partial charge in [-0.25, -0.2) is 0 Å². The summed E-state index contributed by atoms with van der Waals surface area (Å²) in [7, 11) is 2.17. The van der Waals surface area contributed by atoms with Crippen LogP contribution in [0.15, 0.2) is 23.0 Å². The van der Waals surface area contributed by atoms with Gasteiger partial charge in [0.15, 0.2) is 0 Å². The van der Waals surface area contributed by atoms with Crippen LogP contribution in [0.2, 0.25) is 0 Å². The molecule has 1 aliphatic rings. The average molecular weight is 194 g/mol. The van der Waals surface area contributed by atoms with E-state index in [-0.39, 0.29) is 0 Å². The molecule has 0 aliphatic carbocycles. The predicted octanol–water partition coefficient (Wildman–Crippen LogP) is 1.32. The van der Waals surface area contributed by atoms with E-state index < -0.39 is 0 Å². The number of rotatable bonds is 5. The van der Waals surface area contributed by atoms with Crippen molar-refractivity contribution in [3.8, 4) is 0 Å². The van der Waals surface area contributed by atoms with Crippen LogP contribution < -0.4 is 5.32 Å². The zero-order valence-corrected chi connectivity index (χ0v) is 8.70. The van der Waals surface area contributed by atoms with Crippen LogP contribution in [-0.2, 0) is 6.54 Å². The quantitative estimate of drug-likeness (QED) is 0.766. The van der Waals surface area contributed by atoms with Crippen LogP contribution in [0.1, 0.15) is 12.0 Å². The van der Waals surface area contributed by atoms with E-state index in [9.17, 15) is 0 Å². The molecule has 2 rings (SSSR count). The zero-order chi connectivity index (χ0) is 9.80. The summed E-state index contributed by atoms with van der Waals surface area (Å²) in [6.45, 7) is 4.59. The van der Waals surface area contributed by atoms with Gasteiger partial charge < -0.3 is 14.6 Å². The molecule has 0 radical (unpaired) electrons. The minimum Gasteiger partial charge on any atom is -0.472 e. The molecule has 1 aromatic heterocycles. The van der Waals surface area contributed by atoms with Gasteiger partial charge in [0, 0.05) is 12.1 Å². The predicted molar refractivity (Wildman–Crippen MR) is 56.0 cm³/mol. The maximum Gasteiger partial charge on any atom is 0.0947 e. The fraction of sp³-hybridized carbons (Fsp3) is 0.636. The van der Waals surface area contributed by atoms with Crippen LogP contribution in [0.3, 0.4) is 0 Å². The van der Waals surface area contributed by atoms with Gasteiger partial charge in [-0.2, -0.15) is 0 Å². The first-order valence-corrected chi connectivity index (χ1v) is 5.25. The summed E-state index contributed by atoms with van der Waals surface area (Å²) in [4.78, 5) is 2.35. The largest absolute Gasteiger partial charge is 0.472 e. The van der Waals surface area contributed by atoms with Crippen LogP contribution in [0.25, 0.3) is 0 Å². The van der Waals surface area contributed by atoms with Gasteiger partial charge in [-0.1, -0.05) is 0 Å². The molecule has 0 atom stereocenters. The molecular weight excluding hydrogens is 176 g/mol. The Morgan fingerprint density at radius 3 is 3.00 bits per heavy atom. The first kappa shape index (κ1) is 9.74. The summed E-state index contributed by atoms with van der Waals surface area (Å²) >= 11 is 0. The monoisotopic (exact) mass is 194 g/mol. The maximum absolute atomic E-state index is 5.04. The summed E-state index contributed by atoms with van der Waals surface area (Å²) in [5, 5.41) is 3.30. The number of nitrogens with zero attached hydrogens (tertiary/aromatic N) is 1. The third kappa shape index (κ3) is 2.59. The van der Waals surface area contributed by atoms with Crippen molar-refractivity contribution in [2.75, 3.05) is 26.7 Å². The molecule has 1 N–H and O–H groups in total. The van der Waals surface area contributed by atoms with Gasteiger partial charge in [0.05, 0.1) is 12.5 Å². The van der Waals surface area contributed by atoms with E-state index in [0.717, 1.165) is 12.5 Å². The molecule has 3 heteroatoms. The van der Waals surface area contributed by atoms with E-state index in [4.69, 9.17) is 4.42 Å². The summed E-state index contributed by atoms with van der Waals surface area (Å²) < 4.78 is 5.04. The van der Waals surface area contributed by atoms with Crippen molar-refractivity contribution >= 4 is 0 Å². The summed E-state index contributed by atoms with van der Waals surface area (Å²) in [5.74, 6) is 0.904. The number of furan rings is 1. The van der Waals surface area contributed by atoms with E-state index >= 15 is 0 Å². The van der Waals surface area contributed by atoms with Crippen molar-refractivity contribution in [1.82, 2.24) is 10.2 Å². The smallest absolute Gasteiger partial charge is 0.0947 e. The van der Waals surface area contributed by atoms with E-state index in [0.29, 0.717) is 0 Å².